The van der Waals surface area contributed by atoms with Crippen LogP contribution in [0.4, 0.5) is 0 Å². The van der Waals surface area contributed by atoms with Gasteiger partial charge in [0.15, 0.2) is 11.5 Å². The summed E-state index contributed by atoms with van der Waals surface area (Å²) in [4.78, 5) is 16.2. The van der Waals surface area contributed by atoms with Gasteiger partial charge in [0.2, 0.25) is 0 Å². The first-order valence-electron chi connectivity index (χ1n) is 8.57. The standard InChI is InChI=1S/C18H28N2O4/c1-4-24-16-11-14(5-6-15(16)21)17(18(22)23)20-9-7-19(8-10-20)12-13(2)3/h5-6,11,13,17,21H,4,7-10,12H2,1-3H3,(H,22,23). The molecule has 1 heterocycles. The van der Waals surface area contributed by atoms with Gasteiger partial charge < -0.3 is 19.8 Å². The number of aliphatic carboxylic acids is 1. The third kappa shape index (κ3) is 4.61. The van der Waals surface area contributed by atoms with E-state index in [4.69, 9.17) is 4.74 Å². The van der Waals surface area contributed by atoms with Crippen LogP contribution in [0.3, 0.4) is 0 Å². The van der Waals surface area contributed by atoms with Crippen molar-refractivity contribution in [1.29, 1.82) is 0 Å². The monoisotopic (exact) mass is 336 g/mol. The number of hydrogen-bond acceptors (Lipinski definition) is 5. The van der Waals surface area contributed by atoms with E-state index >= 15 is 0 Å². The van der Waals surface area contributed by atoms with Crippen molar-refractivity contribution in [2.45, 2.75) is 26.8 Å². The van der Waals surface area contributed by atoms with Gasteiger partial charge in [-0.2, -0.15) is 0 Å². The summed E-state index contributed by atoms with van der Waals surface area (Å²) in [5, 5.41) is 19.5. The van der Waals surface area contributed by atoms with Crippen LogP contribution < -0.4 is 4.74 Å². The van der Waals surface area contributed by atoms with E-state index in [1.54, 1.807) is 12.1 Å². The fourth-order valence-electron chi connectivity index (χ4n) is 3.20. The predicted octanol–water partition coefficient (Wildman–Crippen LogP) is 2.19. The van der Waals surface area contributed by atoms with Gasteiger partial charge in [0.25, 0.3) is 0 Å². The maximum Gasteiger partial charge on any atom is 0.325 e. The number of carboxylic acid groups (broad SMARTS) is 1. The molecule has 1 aliphatic rings. The van der Waals surface area contributed by atoms with Crippen molar-refractivity contribution in [2.24, 2.45) is 5.92 Å². The van der Waals surface area contributed by atoms with E-state index in [1.807, 2.05) is 11.8 Å². The van der Waals surface area contributed by atoms with Gasteiger partial charge in [-0.1, -0.05) is 19.9 Å². The zero-order chi connectivity index (χ0) is 17.7. The second-order valence-corrected chi connectivity index (χ2v) is 6.63. The molecule has 6 nitrogen and oxygen atoms in total. The minimum absolute atomic E-state index is 0.0338. The molecule has 0 amide bonds. The maximum absolute atomic E-state index is 11.9. The Labute approximate surface area is 143 Å². The normalized spacial score (nSPS) is 17.8. The van der Waals surface area contributed by atoms with Crippen molar-refractivity contribution < 1.29 is 19.7 Å². The quantitative estimate of drug-likeness (QED) is 0.795. The lowest BCUT2D eigenvalue weighted by Gasteiger charge is -2.38. The molecule has 0 saturated carbocycles. The molecule has 1 aromatic carbocycles. The summed E-state index contributed by atoms with van der Waals surface area (Å²) in [6.07, 6.45) is 0. The largest absolute Gasteiger partial charge is 0.504 e. The molecule has 2 rings (SSSR count). The van der Waals surface area contributed by atoms with E-state index in [9.17, 15) is 15.0 Å². The zero-order valence-electron chi connectivity index (χ0n) is 14.7. The number of hydrogen-bond donors (Lipinski definition) is 2. The highest BCUT2D eigenvalue weighted by Gasteiger charge is 2.31. The van der Waals surface area contributed by atoms with E-state index in [0.717, 1.165) is 19.6 Å². The number of rotatable bonds is 7. The SMILES string of the molecule is CCOc1cc(C(C(=O)O)N2CCN(CC(C)C)CC2)ccc1O. The molecular weight excluding hydrogens is 308 g/mol. The topological polar surface area (TPSA) is 73.2 Å². The number of nitrogens with zero attached hydrogens (tertiary/aromatic N) is 2. The van der Waals surface area contributed by atoms with Gasteiger partial charge in [0, 0.05) is 32.7 Å². The van der Waals surface area contributed by atoms with Crippen molar-refractivity contribution in [2.75, 3.05) is 39.3 Å². The number of ether oxygens (including phenoxy) is 1. The van der Waals surface area contributed by atoms with E-state index in [0.29, 0.717) is 36.9 Å². The van der Waals surface area contributed by atoms with Crippen LogP contribution in [0.1, 0.15) is 32.4 Å². The molecule has 0 aromatic heterocycles. The smallest absolute Gasteiger partial charge is 0.325 e. The van der Waals surface area contributed by atoms with Crippen LogP contribution in [-0.4, -0.2) is 65.3 Å². The van der Waals surface area contributed by atoms with Crippen molar-refractivity contribution in [3.05, 3.63) is 23.8 Å². The van der Waals surface area contributed by atoms with Gasteiger partial charge in [-0.25, -0.2) is 0 Å². The second kappa shape index (κ2) is 8.35. The number of benzene rings is 1. The predicted molar refractivity (Wildman–Crippen MR) is 92.5 cm³/mol. The summed E-state index contributed by atoms with van der Waals surface area (Å²) in [7, 11) is 0. The minimum Gasteiger partial charge on any atom is -0.504 e. The van der Waals surface area contributed by atoms with Crippen molar-refractivity contribution in [3.8, 4) is 11.5 Å². The van der Waals surface area contributed by atoms with Crippen molar-refractivity contribution in [3.63, 3.8) is 0 Å². The molecular formula is C18H28N2O4. The third-order valence-corrected chi connectivity index (χ3v) is 4.23. The van der Waals surface area contributed by atoms with Crippen LogP contribution in [0.5, 0.6) is 11.5 Å². The first-order chi connectivity index (χ1) is 11.4. The number of phenolic OH excluding ortho intramolecular Hbond substituents is 1. The summed E-state index contributed by atoms with van der Waals surface area (Å²) in [5.41, 5.74) is 0.640. The Morgan fingerprint density at radius 3 is 2.46 bits per heavy atom. The lowest BCUT2D eigenvalue weighted by molar-refractivity contribution is -0.144. The highest BCUT2D eigenvalue weighted by molar-refractivity contribution is 5.76. The zero-order valence-corrected chi connectivity index (χ0v) is 14.7. The molecule has 6 heteroatoms. The second-order valence-electron chi connectivity index (χ2n) is 6.63. The summed E-state index contributed by atoms with van der Waals surface area (Å²) in [5.74, 6) is 0.101. The summed E-state index contributed by atoms with van der Waals surface area (Å²) in [6, 6.07) is 4.09. The molecule has 2 N–H and O–H groups in total. The Morgan fingerprint density at radius 2 is 1.92 bits per heavy atom. The van der Waals surface area contributed by atoms with Gasteiger partial charge >= 0.3 is 5.97 Å². The van der Waals surface area contributed by atoms with Gasteiger partial charge in [-0.15, -0.1) is 0 Å². The molecule has 134 valence electrons. The van der Waals surface area contributed by atoms with Crippen LogP contribution in [0.25, 0.3) is 0 Å². The first kappa shape index (κ1) is 18.5. The van der Waals surface area contributed by atoms with Crippen LogP contribution >= 0.6 is 0 Å². The molecule has 1 saturated heterocycles. The summed E-state index contributed by atoms with van der Waals surface area (Å²) in [6.45, 7) is 10.9. The fraction of sp³-hybridized carbons (Fsp3) is 0.611. The van der Waals surface area contributed by atoms with Gasteiger partial charge in [0.05, 0.1) is 6.61 Å². The molecule has 0 spiro atoms. The Balaban J connectivity index is 2.13. The average Bonchev–Trinajstić information content (AvgIpc) is 2.52. The molecule has 0 aliphatic carbocycles. The highest BCUT2D eigenvalue weighted by Crippen LogP contribution is 2.32. The number of carbonyl (C=O) groups is 1. The molecule has 0 bridgehead atoms. The van der Waals surface area contributed by atoms with Crippen LogP contribution in [0.15, 0.2) is 18.2 Å². The van der Waals surface area contributed by atoms with E-state index in [-0.39, 0.29) is 5.75 Å². The summed E-state index contributed by atoms with van der Waals surface area (Å²) >= 11 is 0. The number of aromatic hydroxyl groups is 1. The Hall–Kier alpha value is -1.79. The lowest BCUT2D eigenvalue weighted by atomic mass is 10.0. The van der Waals surface area contributed by atoms with E-state index in [2.05, 4.69) is 18.7 Å². The Morgan fingerprint density at radius 1 is 1.25 bits per heavy atom. The Bertz CT molecular complexity index is 554. The van der Waals surface area contributed by atoms with Gasteiger partial charge in [-0.05, 0) is 30.5 Å². The van der Waals surface area contributed by atoms with Crippen LogP contribution in [0.2, 0.25) is 0 Å². The fourth-order valence-corrected chi connectivity index (χ4v) is 3.20. The van der Waals surface area contributed by atoms with E-state index < -0.39 is 12.0 Å². The molecule has 1 unspecified atom stereocenters. The Kier molecular flexibility index (Phi) is 6.45. The average molecular weight is 336 g/mol. The molecule has 1 aliphatic heterocycles. The van der Waals surface area contributed by atoms with Crippen molar-refractivity contribution in [1.82, 2.24) is 9.80 Å². The number of carboxylic acids is 1. The van der Waals surface area contributed by atoms with Crippen LogP contribution in [0, 0.1) is 5.92 Å². The molecule has 1 atom stereocenters. The molecule has 24 heavy (non-hydrogen) atoms. The van der Waals surface area contributed by atoms with E-state index in [1.165, 1.54) is 6.07 Å². The number of phenols is 1. The van der Waals surface area contributed by atoms with Gasteiger partial charge in [-0.3, -0.25) is 9.69 Å². The first-order valence-corrected chi connectivity index (χ1v) is 8.57. The molecule has 1 aromatic rings. The lowest BCUT2D eigenvalue weighted by Crippen LogP contribution is -2.49. The maximum atomic E-state index is 11.9. The van der Waals surface area contributed by atoms with Crippen LogP contribution in [-0.2, 0) is 4.79 Å². The summed E-state index contributed by atoms with van der Waals surface area (Å²) < 4.78 is 5.39. The highest BCUT2D eigenvalue weighted by atomic mass is 16.5. The van der Waals surface area contributed by atoms with Gasteiger partial charge in [0.1, 0.15) is 6.04 Å². The third-order valence-electron chi connectivity index (χ3n) is 4.23. The molecule has 1 fully saturated rings. The minimum atomic E-state index is -0.875. The molecule has 0 radical (unpaired) electrons. The number of piperazine rings is 1. The van der Waals surface area contributed by atoms with Crippen molar-refractivity contribution >= 4 is 5.97 Å².